The molecule has 3 rings (SSSR count). The molecule has 0 spiro atoms. The van der Waals surface area contributed by atoms with Crippen molar-refractivity contribution in [3.8, 4) is 6.07 Å². The van der Waals surface area contributed by atoms with Crippen LogP contribution >= 0.6 is 0 Å². The molecular weight excluding hydrogens is 366 g/mol. The van der Waals surface area contributed by atoms with E-state index in [-0.39, 0.29) is 25.1 Å². The number of nitrogens with zero attached hydrogens (tertiary/aromatic N) is 4. The Hall–Kier alpha value is -2.74. The number of fused-ring (bicyclic) bond motifs is 1. The summed E-state index contributed by atoms with van der Waals surface area (Å²) >= 11 is 0. The van der Waals surface area contributed by atoms with Crippen LogP contribution in [0, 0.1) is 11.3 Å². The van der Waals surface area contributed by atoms with Gasteiger partial charge in [0.15, 0.2) is 17.2 Å². The minimum atomic E-state index is -1.50. The van der Waals surface area contributed by atoms with E-state index in [1.54, 1.807) is 11.4 Å². The third kappa shape index (κ3) is 5.39. The second-order valence-electron chi connectivity index (χ2n) is 6.96. The Morgan fingerprint density at radius 3 is 2.82 bits per heavy atom. The number of nitrogen functional groups attached to an aromatic ring is 1. The van der Waals surface area contributed by atoms with Gasteiger partial charge in [0.2, 0.25) is 0 Å². The Morgan fingerprint density at radius 2 is 2.21 bits per heavy atom. The number of rotatable bonds is 4. The molecule has 2 unspecified atom stereocenters. The molecule has 1 aliphatic heterocycles. The number of carbonyl (C=O) groups excluding carboxylic acids is 1. The number of hydrogen-bond acceptors (Lipinski definition) is 9. The zero-order valence-corrected chi connectivity index (χ0v) is 16.1. The summed E-state index contributed by atoms with van der Waals surface area (Å²) in [6.45, 7) is 4.24. The van der Waals surface area contributed by atoms with E-state index in [2.05, 4.69) is 16.2 Å². The van der Waals surface area contributed by atoms with E-state index in [4.69, 9.17) is 25.4 Å². The quantitative estimate of drug-likeness (QED) is 0.512. The Labute approximate surface area is 162 Å². The molecule has 28 heavy (non-hydrogen) atoms. The highest BCUT2D eigenvalue weighted by Crippen LogP contribution is 2.40. The van der Waals surface area contributed by atoms with Gasteiger partial charge in [-0.2, -0.15) is 10.4 Å². The van der Waals surface area contributed by atoms with Crippen LogP contribution in [-0.4, -0.2) is 48.8 Å². The van der Waals surface area contributed by atoms with Crippen LogP contribution < -0.4 is 5.73 Å². The standard InChI is InChI=1S/C15H17N5O3.C3H8O2/c1-2-13(21)22-8-15(7-16)6-5-12(23-15)10-3-4-11-14(17)18-9-19-20(10)11;1-3(2,4)5/h3-4,9,12H,2,5-6,8H2,1H3,(H2,17,18,19);4-5H,1-2H3. The first kappa shape index (κ1) is 21.6. The highest BCUT2D eigenvalue weighted by molar-refractivity contribution is 5.69. The van der Waals surface area contributed by atoms with Crippen molar-refractivity contribution in [1.29, 1.82) is 5.26 Å². The predicted molar refractivity (Wildman–Crippen MR) is 98.6 cm³/mol. The van der Waals surface area contributed by atoms with Crippen molar-refractivity contribution >= 4 is 17.3 Å². The highest BCUT2D eigenvalue weighted by Gasteiger charge is 2.43. The van der Waals surface area contributed by atoms with Crippen LogP contribution in [0.4, 0.5) is 5.82 Å². The molecule has 0 saturated carbocycles. The van der Waals surface area contributed by atoms with Crippen LogP contribution in [0.2, 0.25) is 0 Å². The van der Waals surface area contributed by atoms with E-state index in [0.29, 0.717) is 24.2 Å². The summed E-state index contributed by atoms with van der Waals surface area (Å²) in [6, 6.07) is 5.82. The van der Waals surface area contributed by atoms with Gasteiger partial charge < -0.3 is 25.4 Å². The third-order valence-corrected chi connectivity index (χ3v) is 3.98. The second-order valence-corrected chi connectivity index (χ2v) is 6.96. The zero-order chi connectivity index (χ0) is 20.9. The van der Waals surface area contributed by atoms with Gasteiger partial charge >= 0.3 is 5.97 Å². The summed E-state index contributed by atoms with van der Waals surface area (Å²) in [5, 5.41) is 29.8. The maximum absolute atomic E-state index is 11.3. The van der Waals surface area contributed by atoms with Crippen LogP contribution in [-0.2, 0) is 14.3 Å². The molecule has 2 aromatic rings. The molecule has 0 aliphatic carbocycles. The van der Waals surface area contributed by atoms with Gasteiger partial charge in [0.25, 0.3) is 0 Å². The predicted octanol–water partition coefficient (Wildman–Crippen LogP) is 1.09. The number of aliphatic hydroxyl groups is 2. The first-order chi connectivity index (χ1) is 13.1. The summed E-state index contributed by atoms with van der Waals surface area (Å²) in [5.41, 5.74) is 6.20. The van der Waals surface area contributed by atoms with Crippen molar-refractivity contribution < 1.29 is 24.5 Å². The first-order valence-electron chi connectivity index (χ1n) is 8.86. The third-order valence-electron chi connectivity index (χ3n) is 3.98. The number of ether oxygens (including phenoxy) is 2. The van der Waals surface area contributed by atoms with Gasteiger partial charge in [0.05, 0.1) is 5.69 Å². The van der Waals surface area contributed by atoms with Crippen molar-refractivity contribution in [1.82, 2.24) is 14.6 Å². The monoisotopic (exact) mass is 391 g/mol. The van der Waals surface area contributed by atoms with Crippen LogP contribution in [0.15, 0.2) is 18.5 Å². The second kappa shape index (κ2) is 8.52. The number of hydrogen-bond donors (Lipinski definition) is 3. The van der Waals surface area contributed by atoms with Crippen LogP contribution in [0.25, 0.3) is 5.52 Å². The number of esters is 1. The molecule has 10 heteroatoms. The largest absolute Gasteiger partial charge is 0.461 e. The summed E-state index contributed by atoms with van der Waals surface area (Å²) in [4.78, 5) is 15.3. The van der Waals surface area contributed by atoms with Crippen LogP contribution in [0.3, 0.4) is 0 Å². The van der Waals surface area contributed by atoms with Gasteiger partial charge in [0, 0.05) is 6.42 Å². The molecule has 1 saturated heterocycles. The van der Waals surface area contributed by atoms with Gasteiger partial charge in [-0.1, -0.05) is 6.92 Å². The average Bonchev–Trinajstić information content (AvgIpc) is 3.23. The van der Waals surface area contributed by atoms with Crippen molar-refractivity contribution in [2.24, 2.45) is 0 Å². The molecule has 10 nitrogen and oxygen atoms in total. The number of nitrogens with two attached hydrogens (primary N) is 1. The maximum Gasteiger partial charge on any atom is 0.305 e. The van der Waals surface area contributed by atoms with Gasteiger partial charge in [-0.25, -0.2) is 9.50 Å². The topological polar surface area (TPSA) is 156 Å². The molecular formula is C18H25N5O5. The molecule has 0 radical (unpaired) electrons. The van der Waals surface area contributed by atoms with Crippen molar-refractivity contribution in [3.63, 3.8) is 0 Å². The van der Waals surface area contributed by atoms with E-state index >= 15 is 0 Å². The maximum atomic E-state index is 11.3. The Kier molecular flexibility index (Phi) is 6.56. The number of nitriles is 1. The lowest BCUT2D eigenvalue weighted by atomic mass is 10.0. The van der Waals surface area contributed by atoms with Gasteiger partial charge in [-0.05, 0) is 38.8 Å². The summed E-state index contributed by atoms with van der Waals surface area (Å²) in [6.07, 6.45) is 2.45. The molecule has 0 aromatic carbocycles. The Bertz CT molecular complexity index is 863. The van der Waals surface area contributed by atoms with Crippen LogP contribution in [0.1, 0.15) is 51.8 Å². The molecule has 1 fully saturated rings. The lowest BCUT2D eigenvalue weighted by Gasteiger charge is -2.21. The molecule has 152 valence electrons. The molecule has 2 atom stereocenters. The fraction of sp³-hybridized carbons (Fsp3) is 0.556. The van der Waals surface area contributed by atoms with Crippen molar-refractivity contribution in [3.05, 3.63) is 24.2 Å². The normalized spacial score (nSPS) is 21.6. The van der Waals surface area contributed by atoms with Gasteiger partial charge in [-0.3, -0.25) is 4.79 Å². The van der Waals surface area contributed by atoms with Crippen molar-refractivity contribution in [2.75, 3.05) is 12.3 Å². The average molecular weight is 391 g/mol. The lowest BCUT2D eigenvalue weighted by molar-refractivity contribution is -0.150. The van der Waals surface area contributed by atoms with E-state index < -0.39 is 11.4 Å². The summed E-state index contributed by atoms with van der Waals surface area (Å²) in [5.74, 6) is -1.46. The van der Waals surface area contributed by atoms with E-state index in [9.17, 15) is 10.1 Å². The molecule has 2 aromatic heterocycles. The fourth-order valence-corrected chi connectivity index (χ4v) is 2.70. The fourth-order valence-electron chi connectivity index (χ4n) is 2.70. The van der Waals surface area contributed by atoms with Crippen LogP contribution in [0.5, 0.6) is 0 Å². The Balaban J connectivity index is 0.000000500. The number of aromatic nitrogens is 3. The molecule has 4 N–H and O–H groups in total. The number of anilines is 1. The van der Waals surface area contributed by atoms with E-state index in [0.717, 1.165) is 5.69 Å². The van der Waals surface area contributed by atoms with Gasteiger partial charge in [-0.15, -0.1) is 0 Å². The zero-order valence-electron chi connectivity index (χ0n) is 16.1. The first-order valence-corrected chi connectivity index (χ1v) is 8.86. The smallest absolute Gasteiger partial charge is 0.305 e. The van der Waals surface area contributed by atoms with Crippen molar-refractivity contribution in [2.45, 2.75) is 57.5 Å². The lowest BCUT2D eigenvalue weighted by Crippen LogP contribution is -2.33. The minimum absolute atomic E-state index is 0.0624. The minimum Gasteiger partial charge on any atom is -0.461 e. The molecule has 3 heterocycles. The molecule has 1 aliphatic rings. The van der Waals surface area contributed by atoms with E-state index in [1.807, 2.05) is 12.1 Å². The Morgan fingerprint density at radius 1 is 1.54 bits per heavy atom. The SMILES string of the molecule is CC(C)(O)O.CCC(=O)OCC1(C#N)CCC(c2ccc3c(N)ncnn23)O1. The van der Waals surface area contributed by atoms with E-state index in [1.165, 1.54) is 20.2 Å². The van der Waals surface area contributed by atoms with Gasteiger partial charge in [0.1, 0.15) is 30.6 Å². The number of carbonyl (C=O) groups is 1. The molecule has 0 amide bonds. The highest BCUT2D eigenvalue weighted by atomic mass is 16.6. The summed E-state index contributed by atoms with van der Waals surface area (Å²) < 4.78 is 12.7. The summed E-state index contributed by atoms with van der Waals surface area (Å²) in [7, 11) is 0. The molecule has 0 bridgehead atoms.